The molecule has 1 aliphatic carbocycles. The fraction of sp³-hybridized carbons (Fsp3) is 0.500. The molecule has 0 amide bonds. The molecule has 1 heterocycles. The molecule has 0 N–H and O–H groups in total. The van der Waals surface area contributed by atoms with Gasteiger partial charge in [0.15, 0.2) is 0 Å². The summed E-state index contributed by atoms with van der Waals surface area (Å²) in [6.45, 7) is 2.35. The summed E-state index contributed by atoms with van der Waals surface area (Å²) in [6, 6.07) is 10.9. The number of rotatable bonds is 2. The van der Waals surface area contributed by atoms with Gasteiger partial charge in [-0.15, -0.1) is 0 Å². The molecule has 0 aromatic heterocycles. The lowest BCUT2D eigenvalue weighted by molar-refractivity contribution is 0.217. The molecule has 1 aromatic carbocycles. The van der Waals surface area contributed by atoms with E-state index < -0.39 is 0 Å². The first-order valence-electron chi connectivity index (χ1n) is 6.92. The molecule has 1 saturated heterocycles. The third kappa shape index (κ3) is 2.38. The monoisotopic (exact) mass is 227 g/mol. The topological polar surface area (TPSA) is 3.24 Å². The van der Waals surface area contributed by atoms with Gasteiger partial charge in [0.2, 0.25) is 0 Å². The molecular weight excluding hydrogens is 206 g/mol. The minimum absolute atomic E-state index is 0.862. The van der Waals surface area contributed by atoms with Gasteiger partial charge in [-0.1, -0.05) is 36.4 Å². The van der Waals surface area contributed by atoms with Crippen molar-refractivity contribution >= 4 is 0 Å². The number of benzene rings is 1. The van der Waals surface area contributed by atoms with Gasteiger partial charge in [-0.05, 0) is 43.6 Å². The van der Waals surface area contributed by atoms with Crippen LogP contribution in [0.15, 0.2) is 42.1 Å². The molecule has 1 unspecified atom stereocenters. The summed E-state index contributed by atoms with van der Waals surface area (Å²) in [6.07, 6.45) is 9.38. The van der Waals surface area contributed by atoms with Crippen molar-refractivity contribution in [3.05, 3.63) is 47.7 Å². The largest absolute Gasteiger partial charge is 0.371 e. The first-order chi connectivity index (χ1) is 8.43. The predicted molar refractivity (Wildman–Crippen MR) is 71.5 cm³/mol. The van der Waals surface area contributed by atoms with Crippen molar-refractivity contribution in [1.29, 1.82) is 0 Å². The number of hydrogen-bond donors (Lipinski definition) is 0. The van der Waals surface area contributed by atoms with Gasteiger partial charge in [-0.2, -0.15) is 0 Å². The van der Waals surface area contributed by atoms with Crippen LogP contribution in [0.2, 0.25) is 0 Å². The van der Waals surface area contributed by atoms with E-state index >= 15 is 0 Å². The van der Waals surface area contributed by atoms with Crippen molar-refractivity contribution in [3.8, 4) is 0 Å². The van der Waals surface area contributed by atoms with Crippen LogP contribution < -0.4 is 0 Å². The van der Waals surface area contributed by atoms with Gasteiger partial charge in [0.25, 0.3) is 0 Å². The van der Waals surface area contributed by atoms with E-state index in [-0.39, 0.29) is 0 Å². The van der Waals surface area contributed by atoms with Gasteiger partial charge >= 0.3 is 0 Å². The van der Waals surface area contributed by atoms with Crippen LogP contribution in [0.5, 0.6) is 0 Å². The van der Waals surface area contributed by atoms with E-state index in [1.54, 1.807) is 5.70 Å². The summed E-state index contributed by atoms with van der Waals surface area (Å²) in [4.78, 5) is 2.61. The van der Waals surface area contributed by atoms with Crippen molar-refractivity contribution in [2.75, 3.05) is 6.54 Å². The average Bonchev–Trinajstić information content (AvgIpc) is 2.40. The molecule has 0 bridgehead atoms. The van der Waals surface area contributed by atoms with Crippen molar-refractivity contribution in [2.24, 2.45) is 5.92 Å². The van der Waals surface area contributed by atoms with E-state index in [2.05, 4.69) is 41.3 Å². The van der Waals surface area contributed by atoms with Crippen molar-refractivity contribution < 1.29 is 0 Å². The van der Waals surface area contributed by atoms with Crippen LogP contribution in [-0.4, -0.2) is 11.4 Å². The maximum absolute atomic E-state index is 2.61. The Bertz CT molecular complexity index is 393. The molecule has 90 valence electrons. The van der Waals surface area contributed by atoms with Gasteiger partial charge in [-0.3, -0.25) is 0 Å². The Hall–Kier alpha value is -1.24. The highest BCUT2D eigenvalue weighted by Gasteiger charge is 2.26. The summed E-state index contributed by atoms with van der Waals surface area (Å²) in [5.41, 5.74) is 3.09. The molecule has 1 atom stereocenters. The smallest absolute Gasteiger partial charge is 0.0426 e. The highest BCUT2D eigenvalue weighted by molar-refractivity contribution is 5.18. The molecular formula is C16H21N. The van der Waals surface area contributed by atoms with E-state index in [9.17, 15) is 0 Å². The second kappa shape index (κ2) is 4.95. The molecule has 1 aromatic rings. The molecule has 1 nitrogen and oxygen atoms in total. The first-order valence-corrected chi connectivity index (χ1v) is 6.92. The van der Waals surface area contributed by atoms with Crippen LogP contribution >= 0.6 is 0 Å². The van der Waals surface area contributed by atoms with Gasteiger partial charge in [0.05, 0.1) is 0 Å². The fourth-order valence-electron chi connectivity index (χ4n) is 3.24. The number of allylic oxidation sites excluding steroid dienone is 2. The van der Waals surface area contributed by atoms with Crippen LogP contribution in [0.25, 0.3) is 0 Å². The zero-order chi connectivity index (χ0) is 11.5. The van der Waals surface area contributed by atoms with E-state index in [1.807, 2.05) is 0 Å². The Balaban J connectivity index is 1.76. The van der Waals surface area contributed by atoms with Crippen molar-refractivity contribution in [1.82, 2.24) is 4.90 Å². The first kappa shape index (κ1) is 10.9. The van der Waals surface area contributed by atoms with Gasteiger partial charge < -0.3 is 4.90 Å². The Kier molecular flexibility index (Phi) is 3.17. The van der Waals surface area contributed by atoms with Crippen LogP contribution in [0.1, 0.15) is 37.7 Å². The lowest BCUT2D eigenvalue weighted by atomic mass is 9.85. The SMILES string of the molecule is C1=C2C(CCC1)CCCN2Cc1ccccc1. The van der Waals surface area contributed by atoms with Crippen LogP contribution in [0.3, 0.4) is 0 Å². The lowest BCUT2D eigenvalue weighted by Gasteiger charge is -2.39. The summed E-state index contributed by atoms with van der Waals surface area (Å²) < 4.78 is 0. The summed E-state index contributed by atoms with van der Waals surface area (Å²) >= 11 is 0. The summed E-state index contributed by atoms with van der Waals surface area (Å²) in [5, 5.41) is 0. The van der Waals surface area contributed by atoms with Gasteiger partial charge in [0.1, 0.15) is 0 Å². The van der Waals surface area contributed by atoms with E-state index in [0.29, 0.717) is 0 Å². The molecule has 17 heavy (non-hydrogen) atoms. The van der Waals surface area contributed by atoms with Gasteiger partial charge in [-0.25, -0.2) is 0 Å². The van der Waals surface area contributed by atoms with Crippen LogP contribution in [0, 0.1) is 5.92 Å². The molecule has 2 aliphatic rings. The normalized spacial score (nSPS) is 24.1. The predicted octanol–water partition coefficient (Wildman–Crippen LogP) is 3.97. The maximum atomic E-state index is 2.61. The third-order valence-electron chi connectivity index (χ3n) is 4.09. The number of fused-ring (bicyclic) bond motifs is 1. The van der Waals surface area contributed by atoms with Crippen molar-refractivity contribution in [3.63, 3.8) is 0 Å². The second-order valence-corrected chi connectivity index (χ2v) is 5.31. The van der Waals surface area contributed by atoms with Crippen molar-refractivity contribution in [2.45, 2.75) is 38.6 Å². The third-order valence-corrected chi connectivity index (χ3v) is 4.09. The minimum Gasteiger partial charge on any atom is -0.371 e. The van der Waals surface area contributed by atoms with Gasteiger partial charge in [0, 0.05) is 18.8 Å². The zero-order valence-electron chi connectivity index (χ0n) is 10.4. The molecule has 0 radical (unpaired) electrons. The molecule has 1 aliphatic heterocycles. The van der Waals surface area contributed by atoms with Crippen LogP contribution in [-0.2, 0) is 6.54 Å². The quantitative estimate of drug-likeness (QED) is 0.739. The van der Waals surface area contributed by atoms with E-state index in [1.165, 1.54) is 44.2 Å². The van der Waals surface area contributed by atoms with E-state index in [4.69, 9.17) is 0 Å². The molecule has 1 heteroatoms. The Morgan fingerprint density at radius 1 is 1.06 bits per heavy atom. The molecule has 0 spiro atoms. The summed E-state index contributed by atoms with van der Waals surface area (Å²) in [7, 11) is 0. The number of hydrogen-bond acceptors (Lipinski definition) is 1. The Morgan fingerprint density at radius 2 is 1.88 bits per heavy atom. The number of likely N-dealkylation sites (tertiary alicyclic amines) is 1. The Labute approximate surface area is 104 Å². The lowest BCUT2D eigenvalue weighted by Crippen LogP contribution is -2.34. The standard InChI is InChI=1S/C16H21N/c1-2-7-14(8-3-1)13-17-12-6-10-15-9-4-5-11-16(15)17/h1-3,7-8,11,15H,4-6,9-10,12-13H2. The average molecular weight is 227 g/mol. The highest BCUT2D eigenvalue weighted by atomic mass is 15.1. The zero-order valence-corrected chi connectivity index (χ0v) is 10.4. The maximum Gasteiger partial charge on any atom is 0.0426 e. The fourth-order valence-corrected chi connectivity index (χ4v) is 3.24. The molecule has 1 fully saturated rings. The molecule has 0 saturated carbocycles. The van der Waals surface area contributed by atoms with E-state index in [0.717, 1.165) is 12.5 Å². The number of piperidine rings is 1. The van der Waals surface area contributed by atoms with Crippen LogP contribution in [0.4, 0.5) is 0 Å². The number of nitrogens with zero attached hydrogens (tertiary/aromatic N) is 1. The minimum atomic E-state index is 0.862. The summed E-state index contributed by atoms with van der Waals surface area (Å²) in [5.74, 6) is 0.862. The second-order valence-electron chi connectivity index (χ2n) is 5.31. The molecule has 3 rings (SSSR count). The Morgan fingerprint density at radius 3 is 2.76 bits per heavy atom. The highest BCUT2D eigenvalue weighted by Crippen LogP contribution is 2.35.